The topological polar surface area (TPSA) is 40.6 Å². The van der Waals surface area contributed by atoms with Gasteiger partial charge in [0.05, 0.1) is 17.5 Å². The number of nitrogens with zero attached hydrogens (tertiary/aromatic N) is 2. The zero-order chi connectivity index (χ0) is 21.8. The lowest BCUT2D eigenvalue weighted by Crippen LogP contribution is -2.49. The second-order valence-corrected chi connectivity index (χ2v) is 10.00. The Morgan fingerprint density at radius 2 is 1.68 bits per heavy atom. The van der Waals surface area contributed by atoms with Crippen LogP contribution in [0.4, 0.5) is 11.4 Å². The minimum Gasteiger partial charge on any atom is -0.304 e. The molecule has 7 heteroatoms. The summed E-state index contributed by atoms with van der Waals surface area (Å²) in [4.78, 5) is 29.6. The first-order valence-corrected chi connectivity index (χ1v) is 11.5. The SMILES string of the molecule is C[C@@H]1S[C@@]2(C(=O)N(Cc3ccc(Cl)cc3)c3ccccc32)N(c2cccc(Cl)c2)C1=O. The number of hydrogen-bond donors (Lipinski definition) is 0. The third kappa shape index (κ3) is 3.15. The van der Waals surface area contributed by atoms with Crippen molar-refractivity contribution in [3.8, 4) is 0 Å². The van der Waals surface area contributed by atoms with Crippen molar-refractivity contribution in [2.24, 2.45) is 0 Å². The number of halogens is 2. The van der Waals surface area contributed by atoms with E-state index in [1.54, 1.807) is 28.0 Å². The van der Waals surface area contributed by atoms with Crippen molar-refractivity contribution < 1.29 is 9.59 Å². The first-order chi connectivity index (χ1) is 14.9. The number of para-hydroxylation sites is 1. The van der Waals surface area contributed by atoms with Crippen LogP contribution < -0.4 is 9.80 Å². The first-order valence-electron chi connectivity index (χ1n) is 9.85. The fourth-order valence-corrected chi connectivity index (χ4v) is 6.12. The molecule has 1 saturated heterocycles. The molecule has 2 aliphatic heterocycles. The quantitative estimate of drug-likeness (QED) is 0.483. The van der Waals surface area contributed by atoms with Crippen LogP contribution in [0.2, 0.25) is 10.0 Å². The van der Waals surface area contributed by atoms with Crippen molar-refractivity contribution in [3.63, 3.8) is 0 Å². The number of anilines is 2. The van der Waals surface area contributed by atoms with Gasteiger partial charge in [-0.05, 0) is 48.9 Å². The van der Waals surface area contributed by atoms with Gasteiger partial charge in [-0.1, -0.05) is 59.6 Å². The zero-order valence-corrected chi connectivity index (χ0v) is 18.9. The average Bonchev–Trinajstić information content (AvgIpc) is 3.16. The highest BCUT2D eigenvalue weighted by atomic mass is 35.5. The van der Waals surface area contributed by atoms with Crippen LogP contribution in [0.3, 0.4) is 0 Å². The molecule has 31 heavy (non-hydrogen) atoms. The standard InChI is InChI=1S/C24H18Cl2N2O2S/c1-15-22(29)28(19-6-4-5-18(26)13-19)24(31-15)20-7-2-3-8-21(20)27(23(24)30)14-16-9-11-17(25)12-10-16/h2-13,15H,14H2,1H3/t15-,24-/m0/s1. The largest absolute Gasteiger partial charge is 0.304 e. The van der Waals surface area contributed by atoms with Gasteiger partial charge in [0.15, 0.2) is 0 Å². The molecule has 5 rings (SSSR count). The van der Waals surface area contributed by atoms with Crippen LogP contribution in [-0.2, 0) is 21.0 Å². The van der Waals surface area contributed by atoms with Crippen LogP contribution >= 0.6 is 35.0 Å². The Morgan fingerprint density at radius 1 is 0.935 bits per heavy atom. The van der Waals surface area contributed by atoms with E-state index in [4.69, 9.17) is 23.2 Å². The molecule has 0 N–H and O–H groups in total. The highest BCUT2D eigenvalue weighted by Gasteiger charge is 2.63. The van der Waals surface area contributed by atoms with E-state index in [9.17, 15) is 9.59 Å². The van der Waals surface area contributed by atoms with Crippen LogP contribution in [0.15, 0.2) is 72.8 Å². The van der Waals surface area contributed by atoms with Gasteiger partial charge in [0.1, 0.15) is 0 Å². The molecule has 2 amide bonds. The van der Waals surface area contributed by atoms with Gasteiger partial charge in [-0.25, -0.2) is 0 Å². The number of carbonyl (C=O) groups excluding carboxylic acids is 2. The number of fused-ring (bicyclic) bond motifs is 2. The van der Waals surface area contributed by atoms with Gasteiger partial charge in [-0.3, -0.25) is 14.5 Å². The fourth-order valence-electron chi connectivity index (χ4n) is 4.28. The van der Waals surface area contributed by atoms with E-state index >= 15 is 0 Å². The van der Waals surface area contributed by atoms with Crippen LogP contribution in [0, 0.1) is 0 Å². The lowest BCUT2D eigenvalue weighted by molar-refractivity contribution is -0.124. The molecule has 2 atom stereocenters. The Bertz CT molecular complexity index is 1200. The summed E-state index contributed by atoms with van der Waals surface area (Å²) < 4.78 is 0. The molecule has 3 aromatic rings. The van der Waals surface area contributed by atoms with Gasteiger partial charge in [0.2, 0.25) is 10.8 Å². The molecular weight excluding hydrogens is 451 g/mol. The predicted octanol–water partition coefficient (Wildman–Crippen LogP) is 5.86. The van der Waals surface area contributed by atoms with Crippen molar-refractivity contribution in [3.05, 3.63) is 94.0 Å². The Hall–Kier alpha value is -2.47. The van der Waals surface area contributed by atoms with Crippen molar-refractivity contribution in [2.75, 3.05) is 9.80 Å². The van der Waals surface area contributed by atoms with Crippen molar-refractivity contribution in [1.29, 1.82) is 0 Å². The van der Waals surface area contributed by atoms with Gasteiger partial charge in [-0.2, -0.15) is 0 Å². The monoisotopic (exact) mass is 468 g/mol. The third-order valence-electron chi connectivity index (χ3n) is 5.65. The zero-order valence-electron chi connectivity index (χ0n) is 16.6. The highest BCUT2D eigenvalue weighted by Crippen LogP contribution is 2.58. The second kappa shape index (κ2) is 7.59. The van der Waals surface area contributed by atoms with Crippen molar-refractivity contribution in [2.45, 2.75) is 23.6 Å². The molecule has 2 aliphatic rings. The van der Waals surface area contributed by atoms with E-state index in [1.807, 2.05) is 61.5 Å². The summed E-state index contributed by atoms with van der Waals surface area (Å²) >= 11 is 13.6. The van der Waals surface area contributed by atoms with Crippen molar-refractivity contribution in [1.82, 2.24) is 0 Å². The molecule has 1 spiro atoms. The molecular formula is C24H18Cl2N2O2S. The van der Waals surface area contributed by atoms with Crippen molar-refractivity contribution >= 4 is 58.2 Å². The predicted molar refractivity (Wildman–Crippen MR) is 127 cm³/mol. The number of thioether (sulfide) groups is 1. The molecule has 0 saturated carbocycles. The number of carbonyl (C=O) groups is 2. The maximum Gasteiger partial charge on any atom is 0.269 e. The summed E-state index contributed by atoms with van der Waals surface area (Å²) in [6, 6.07) is 22.2. The minimum atomic E-state index is -1.16. The Balaban J connectivity index is 1.66. The molecule has 3 aromatic carbocycles. The van der Waals surface area contributed by atoms with E-state index in [0.717, 1.165) is 16.8 Å². The molecule has 156 valence electrons. The van der Waals surface area contributed by atoms with Gasteiger partial charge < -0.3 is 4.90 Å². The average molecular weight is 469 g/mol. The third-order valence-corrected chi connectivity index (χ3v) is 7.61. The van der Waals surface area contributed by atoms with Crippen LogP contribution in [0.25, 0.3) is 0 Å². The summed E-state index contributed by atoms with van der Waals surface area (Å²) in [7, 11) is 0. The number of hydrogen-bond acceptors (Lipinski definition) is 3. The number of rotatable bonds is 3. The fraction of sp³-hybridized carbons (Fsp3) is 0.167. The summed E-state index contributed by atoms with van der Waals surface area (Å²) in [6.07, 6.45) is 0. The number of amides is 2. The Labute approximate surface area is 194 Å². The summed E-state index contributed by atoms with van der Waals surface area (Å²) in [5, 5.41) is 0.791. The minimum absolute atomic E-state index is 0.108. The maximum atomic E-state index is 14.1. The highest BCUT2D eigenvalue weighted by molar-refractivity contribution is 8.03. The summed E-state index contributed by atoms with van der Waals surface area (Å²) in [5.74, 6) is -0.241. The molecule has 1 fully saturated rings. The maximum absolute atomic E-state index is 14.1. The smallest absolute Gasteiger partial charge is 0.269 e. The van der Waals surface area contributed by atoms with Crippen LogP contribution in [-0.4, -0.2) is 17.1 Å². The lowest BCUT2D eigenvalue weighted by Gasteiger charge is -2.33. The van der Waals surface area contributed by atoms with Crippen LogP contribution in [0.1, 0.15) is 18.1 Å². The molecule has 0 unspecified atom stereocenters. The first kappa shape index (κ1) is 20.4. The van der Waals surface area contributed by atoms with Gasteiger partial charge in [0.25, 0.3) is 5.91 Å². The normalized spacial score (nSPS) is 22.5. The summed E-state index contributed by atoms with van der Waals surface area (Å²) in [6.45, 7) is 2.23. The van der Waals surface area contributed by atoms with Gasteiger partial charge in [-0.15, -0.1) is 11.8 Å². The Morgan fingerprint density at radius 3 is 2.42 bits per heavy atom. The van der Waals surface area contributed by atoms with Crippen LogP contribution in [0.5, 0.6) is 0 Å². The molecule has 0 aliphatic carbocycles. The van der Waals surface area contributed by atoms with E-state index in [2.05, 4.69) is 0 Å². The second-order valence-electron chi connectivity index (χ2n) is 7.59. The summed E-state index contributed by atoms with van der Waals surface area (Å²) in [5.41, 5.74) is 3.20. The Kier molecular flexibility index (Phi) is 5.00. The molecule has 0 bridgehead atoms. The van der Waals surface area contributed by atoms with E-state index in [0.29, 0.717) is 22.3 Å². The van der Waals surface area contributed by atoms with Gasteiger partial charge >= 0.3 is 0 Å². The van der Waals surface area contributed by atoms with Gasteiger partial charge in [0, 0.05) is 21.3 Å². The van der Waals surface area contributed by atoms with E-state index < -0.39 is 4.87 Å². The molecule has 2 heterocycles. The molecule has 4 nitrogen and oxygen atoms in total. The number of benzene rings is 3. The van der Waals surface area contributed by atoms with E-state index in [1.165, 1.54) is 11.8 Å². The molecule has 0 aromatic heterocycles. The van der Waals surface area contributed by atoms with E-state index in [-0.39, 0.29) is 17.1 Å². The lowest BCUT2D eigenvalue weighted by atomic mass is 10.0. The molecule has 0 radical (unpaired) electrons.